The SMILES string of the molecule is O=C(NCc1ccccn1)c1ccccc1C1CCN(CCN2C(=O)COc3ccccc32)CC1. The third-order valence-corrected chi connectivity index (χ3v) is 6.84. The Labute approximate surface area is 205 Å². The van der Waals surface area contributed by atoms with Crippen LogP contribution in [0.1, 0.15) is 40.4 Å². The molecule has 7 heteroatoms. The lowest BCUT2D eigenvalue weighted by Gasteiger charge is -2.35. The van der Waals surface area contributed by atoms with Gasteiger partial charge in [-0.2, -0.15) is 0 Å². The first kappa shape index (κ1) is 23.1. The first-order chi connectivity index (χ1) is 17.2. The van der Waals surface area contributed by atoms with Crippen molar-refractivity contribution < 1.29 is 14.3 Å². The standard InChI is InChI=1S/C28H30N4O3/c33-27-20-35-26-11-4-3-10-25(26)32(27)18-17-31-15-12-21(13-16-31)23-8-1-2-9-24(23)28(34)30-19-22-7-5-6-14-29-22/h1-11,14,21H,12-13,15-20H2,(H,30,34). The zero-order valence-electron chi connectivity index (χ0n) is 19.7. The number of amides is 2. The minimum atomic E-state index is -0.0572. The first-order valence-corrected chi connectivity index (χ1v) is 12.2. The summed E-state index contributed by atoms with van der Waals surface area (Å²) in [5.41, 5.74) is 3.55. The molecule has 35 heavy (non-hydrogen) atoms. The third kappa shape index (κ3) is 5.35. The Hall–Kier alpha value is -3.71. The molecule has 0 radical (unpaired) electrons. The van der Waals surface area contributed by atoms with Crippen LogP contribution in [-0.4, -0.2) is 54.5 Å². The van der Waals surface area contributed by atoms with Gasteiger partial charge in [-0.3, -0.25) is 14.6 Å². The number of aromatic nitrogens is 1. The van der Waals surface area contributed by atoms with Crippen molar-refractivity contribution in [2.75, 3.05) is 37.7 Å². The van der Waals surface area contributed by atoms with Crippen molar-refractivity contribution in [2.45, 2.75) is 25.3 Å². The number of carbonyl (C=O) groups excluding carboxylic acids is 2. The van der Waals surface area contributed by atoms with E-state index in [1.165, 1.54) is 0 Å². The maximum absolute atomic E-state index is 13.0. The number of anilines is 1. The largest absolute Gasteiger partial charge is 0.482 e. The highest BCUT2D eigenvalue weighted by Crippen LogP contribution is 2.33. The van der Waals surface area contributed by atoms with E-state index in [2.05, 4.69) is 21.3 Å². The molecule has 0 unspecified atom stereocenters. The number of pyridine rings is 1. The van der Waals surface area contributed by atoms with Crippen LogP contribution in [0.15, 0.2) is 72.9 Å². The van der Waals surface area contributed by atoms with Gasteiger partial charge < -0.3 is 19.9 Å². The molecule has 2 aliphatic heterocycles. The Morgan fingerprint density at radius 3 is 2.57 bits per heavy atom. The second-order valence-corrected chi connectivity index (χ2v) is 9.01. The first-order valence-electron chi connectivity index (χ1n) is 12.2. The molecule has 0 saturated carbocycles. The lowest BCUT2D eigenvalue weighted by molar-refractivity contribution is -0.121. The molecule has 1 aromatic heterocycles. The van der Waals surface area contributed by atoms with Gasteiger partial charge in [-0.25, -0.2) is 0 Å². The lowest BCUT2D eigenvalue weighted by Crippen LogP contribution is -2.45. The average molecular weight is 471 g/mol. The molecule has 180 valence electrons. The molecule has 0 spiro atoms. The van der Waals surface area contributed by atoms with E-state index in [0.29, 0.717) is 19.0 Å². The van der Waals surface area contributed by atoms with Gasteiger partial charge in [-0.15, -0.1) is 0 Å². The highest BCUT2D eigenvalue weighted by molar-refractivity contribution is 5.97. The summed E-state index contributed by atoms with van der Waals surface area (Å²) in [5, 5.41) is 3.01. The Morgan fingerprint density at radius 2 is 1.74 bits per heavy atom. The van der Waals surface area contributed by atoms with Gasteiger partial charge in [-0.1, -0.05) is 36.4 Å². The number of nitrogens with zero attached hydrogens (tertiary/aromatic N) is 3. The zero-order valence-corrected chi connectivity index (χ0v) is 19.7. The van der Waals surface area contributed by atoms with Crippen molar-refractivity contribution in [3.63, 3.8) is 0 Å². The molecule has 1 fully saturated rings. The van der Waals surface area contributed by atoms with Crippen molar-refractivity contribution in [3.8, 4) is 5.75 Å². The van der Waals surface area contributed by atoms with Crippen molar-refractivity contribution in [2.24, 2.45) is 0 Å². The predicted octanol–water partition coefficient (Wildman–Crippen LogP) is 3.62. The summed E-state index contributed by atoms with van der Waals surface area (Å²) < 4.78 is 5.55. The number of rotatable bonds is 7. The molecule has 2 amide bonds. The Kier molecular flexibility index (Phi) is 7.04. The van der Waals surface area contributed by atoms with E-state index in [1.807, 2.05) is 65.6 Å². The van der Waals surface area contributed by atoms with Crippen LogP contribution < -0.4 is 15.0 Å². The molecular formula is C28H30N4O3. The lowest BCUT2D eigenvalue weighted by atomic mass is 9.86. The van der Waals surface area contributed by atoms with Crippen molar-refractivity contribution >= 4 is 17.5 Å². The van der Waals surface area contributed by atoms with Gasteiger partial charge in [0.1, 0.15) is 5.75 Å². The molecule has 3 aromatic rings. The molecule has 2 aliphatic rings. The third-order valence-electron chi connectivity index (χ3n) is 6.84. The predicted molar refractivity (Wildman–Crippen MR) is 135 cm³/mol. The topological polar surface area (TPSA) is 74.8 Å². The fraction of sp³-hybridized carbons (Fsp3) is 0.321. The summed E-state index contributed by atoms with van der Waals surface area (Å²) in [6, 6.07) is 21.3. The summed E-state index contributed by atoms with van der Waals surface area (Å²) in [6.45, 7) is 3.85. The summed E-state index contributed by atoms with van der Waals surface area (Å²) in [6.07, 6.45) is 3.70. The van der Waals surface area contributed by atoms with Crippen LogP contribution in [0.2, 0.25) is 0 Å². The van der Waals surface area contributed by atoms with Gasteiger partial charge >= 0.3 is 0 Å². The molecule has 3 heterocycles. The van der Waals surface area contributed by atoms with Gasteiger partial charge in [0.2, 0.25) is 0 Å². The summed E-state index contributed by atoms with van der Waals surface area (Å²) >= 11 is 0. The summed E-state index contributed by atoms with van der Waals surface area (Å²) in [4.78, 5) is 33.9. The Bertz CT molecular complexity index is 1180. The molecular weight excluding hydrogens is 440 g/mol. The maximum atomic E-state index is 13.0. The highest BCUT2D eigenvalue weighted by atomic mass is 16.5. The fourth-order valence-electron chi connectivity index (χ4n) is 4.94. The van der Waals surface area contributed by atoms with Gasteiger partial charge in [0.05, 0.1) is 17.9 Å². The van der Waals surface area contributed by atoms with E-state index >= 15 is 0 Å². The van der Waals surface area contributed by atoms with Gasteiger partial charge in [0.15, 0.2) is 6.61 Å². The number of para-hydroxylation sites is 2. The number of fused-ring (bicyclic) bond motifs is 1. The average Bonchev–Trinajstić information content (AvgIpc) is 2.92. The Balaban J connectivity index is 1.17. The van der Waals surface area contributed by atoms with Crippen LogP contribution in [-0.2, 0) is 11.3 Å². The Morgan fingerprint density at radius 1 is 0.971 bits per heavy atom. The molecule has 7 nitrogen and oxygen atoms in total. The van der Waals surface area contributed by atoms with Crippen LogP contribution in [0.4, 0.5) is 5.69 Å². The maximum Gasteiger partial charge on any atom is 0.265 e. The van der Waals surface area contributed by atoms with E-state index in [-0.39, 0.29) is 18.4 Å². The van der Waals surface area contributed by atoms with Crippen molar-refractivity contribution in [3.05, 3.63) is 89.7 Å². The van der Waals surface area contributed by atoms with Crippen LogP contribution in [0.5, 0.6) is 5.75 Å². The highest BCUT2D eigenvalue weighted by Gasteiger charge is 2.28. The number of hydrogen-bond donors (Lipinski definition) is 1. The van der Waals surface area contributed by atoms with E-state index in [0.717, 1.165) is 60.7 Å². The molecule has 5 rings (SSSR count). The smallest absolute Gasteiger partial charge is 0.265 e. The van der Waals surface area contributed by atoms with Crippen LogP contribution in [0.3, 0.4) is 0 Å². The molecule has 1 saturated heterocycles. The minimum absolute atomic E-state index is 0.00392. The van der Waals surface area contributed by atoms with Crippen LogP contribution >= 0.6 is 0 Å². The van der Waals surface area contributed by atoms with E-state index in [1.54, 1.807) is 6.20 Å². The monoisotopic (exact) mass is 470 g/mol. The number of piperidine rings is 1. The minimum Gasteiger partial charge on any atom is -0.482 e. The van der Waals surface area contributed by atoms with Crippen LogP contribution in [0, 0.1) is 0 Å². The number of likely N-dealkylation sites (tertiary alicyclic amines) is 1. The number of nitrogens with one attached hydrogen (secondary N) is 1. The number of hydrogen-bond acceptors (Lipinski definition) is 5. The van der Waals surface area contributed by atoms with Crippen molar-refractivity contribution in [1.29, 1.82) is 0 Å². The van der Waals surface area contributed by atoms with E-state index in [4.69, 9.17) is 4.74 Å². The quantitative estimate of drug-likeness (QED) is 0.571. The van der Waals surface area contributed by atoms with Crippen LogP contribution in [0.25, 0.3) is 0 Å². The molecule has 0 atom stereocenters. The van der Waals surface area contributed by atoms with E-state index < -0.39 is 0 Å². The van der Waals surface area contributed by atoms with Gasteiger partial charge in [0, 0.05) is 24.8 Å². The second-order valence-electron chi connectivity index (χ2n) is 9.01. The molecule has 1 N–H and O–H groups in total. The molecule has 0 aliphatic carbocycles. The number of ether oxygens (including phenoxy) is 1. The summed E-state index contributed by atoms with van der Waals surface area (Å²) in [7, 11) is 0. The zero-order chi connectivity index (χ0) is 24.0. The summed E-state index contributed by atoms with van der Waals surface area (Å²) in [5.74, 6) is 1.06. The normalized spacial score (nSPS) is 16.5. The van der Waals surface area contributed by atoms with Gasteiger partial charge in [0.25, 0.3) is 11.8 Å². The number of benzene rings is 2. The number of carbonyl (C=O) groups is 2. The van der Waals surface area contributed by atoms with Gasteiger partial charge in [-0.05, 0) is 67.7 Å². The molecule has 0 bridgehead atoms. The van der Waals surface area contributed by atoms with E-state index in [9.17, 15) is 9.59 Å². The molecule has 2 aromatic carbocycles. The fourth-order valence-corrected chi connectivity index (χ4v) is 4.94. The van der Waals surface area contributed by atoms with Crippen molar-refractivity contribution in [1.82, 2.24) is 15.2 Å². The second kappa shape index (κ2) is 10.7.